The quantitative estimate of drug-likeness (QED) is 0.346. The Hall–Kier alpha value is -3.75. The highest BCUT2D eigenvalue weighted by Gasteiger charge is 2.23. The number of hydrogen-bond acceptors (Lipinski definition) is 7. The third kappa shape index (κ3) is 6.44. The SMILES string of the molecule is CN(C)c1nc(N[C@H]2CC[C@@H](NC(=O)CCCc3ccc([N+](=O)[O-])cc3)CC2)nc2ccccc12. The maximum absolute atomic E-state index is 12.4. The standard InChI is InChI=1S/C26H32N6O3/c1-31(2)25-22-7-3-4-8-23(22)29-26(30-25)28-20-14-12-19(13-15-20)27-24(33)9-5-6-18-10-16-21(17-11-18)32(34)35/h3-4,7-8,10-11,16-17,19-20H,5-6,9,12-15H2,1-2H3,(H,27,33)(H,28,29,30)/t19-,20+. The normalized spacial score (nSPS) is 17.7. The molecule has 9 nitrogen and oxygen atoms in total. The van der Waals surface area contributed by atoms with Crippen LogP contribution in [0.25, 0.3) is 10.9 Å². The molecule has 0 spiro atoms. The average Bonchev–Trinajstić information content (AvgIpc) is 2.85. The maximum atomic E-state index is 12.4. The lowest BCUT2D eigenvalue weighted by Gasteiger charge is -2.30. The van der Waals surface area contributed by atoms with Crippen molar-refractivity contribution in [1.82, 2.24) is 15.3 Å². The van der Waals surface area contributed by atoms with Crippen LogP contribution in [0.4, 0.5) is 17.5 Å². The summed E-state index contributed by atoms with van der Waals surface area (Å²) in [5, 5.41) is 18.4. The molecule has 4 rings (SSSR count). The second-order valence-electron chi connectivity index (χ2n) is 9.32. The number of anilines is 2. The van der Waals surface area contributed by atoms with Gasteiger partial charge in [-0.05, 0) is 56.2 Å². The zero-order chi connectivity index (χ0) is 24.8. The van der Waals surface area contributed by atoms with Gasteiger partial charge in [0.25, 0.3) is 5.69 Å². The molecular formula is C26H32N6O3. The molecule has 1 aliphatic carbocycles. The van der Waals surface area contributed by atoms with Crippen molar-refractivity contribution in [2.45, 2.75) is 57.0 Å². The van der Waals surface area contributed by atoms with Crippen molar-refractivity contribution in [2.24, 2.45) is 0 Å². The molecule has 1 heterocycles. The van der Waals surface area contributed by atoms with E-state index in [9.17, 15) is 14.9 Å². The highest BCUT2D eigenvalue weighted by atomic mass is 16.6. The van der Waals surface area contributed by atoms with Gasteiger partial charge in [0.2, 0.25) is 11.9 Å². The predicted octanol–water partition coefficient (Wildman–Crippen LogP) is 4.47. The lowest BCUT2D eigenvalue weighted by molar-refractivity contribution is -0.384. The maximum Gasteiger partial charge on any atom is 0.269 e. The first-order valence-corrected chi connectivity index (χ1v) is 12.1. The molecule has 2 aromatic carbocycles. The molecule has 0 radical (unpaired) electrons. The number of nitro groups is 1. The minimum Gasteiger partial charge on any atom is -0.362 e. The van der Waals surface area contributed by atoms with E-state index in [1.165, 1.54) is 12.1 Å². The van der Waals surface area contributed by atoms with Gasteiger partial charge < -0.3 is 15.5 Å². The van der Waals surface area contributed by atoms with Gasteiger partial charge in [0.05, 0.1) is 10.4 Å². The number of aryl methyl sites for hydroxylation is 1. The number of benzene rings is 2. The summed E-state index contributed by atoms with van der Waals surface area (Å²) in [5.41, 5.74) is 2.01. The Morgan fingerprint density at radius 1 is 1.03 bits per heavy atom. The highest BCUT2D eigenvalue weighted by Crippen LogP contribution is 2.26. The Balaban J connectivity index is 1.22. The zero-order valence-corrected chi connectivity index (χ0v) is 20.2. The summed E-state index contributed by atoms with van der Waals surface area (Å²) in [4.78, 5) is 34.2. The zero-order valence-electron chi connectivity index (χ0n) is 20.2. The third-order valence-electron chi connectivity index (χ3n) is 6.45. The fraction of sp³-hybridized carbons (Fsp3) is 0.423. The second kappa shape index (κ2) is 11.1. The first-order valence-electron chi connectivity index (χ1n) is 12.1. The van der Waals surface area contributed by atoms with Gasteiger partial charge in [0.1, 0.15) is 5.82 Å². The molecule has 1 amide bonds. The molecule has 1 aromatic heterocycles. The number of aromatic nitrogens is 2. The number of fused-ring (bicyclic) bond motifs is 1. The predicted molar refractivity (Wildman–Crippen MR) is 138 cm³/mol. The van der Waals surface area contributed by atoms with Crippen molar-refractivity contribution in [3.8, 4) is 0 Å². The number of non-ortho nitro benzene ring substituents is 1. The number of nitro benzene ring substituents is 1. The Morgan fingerprint density at radius 2 is 1.71 bits per heavy atom. The molecule has 1 saturated carbocycles. The average molecular weight is 477 g/mol. The van der Waals surface area contributed by atoms with Crippen LogP contribution < -0.4 is 15.5 Å². The Labute approximate surface area is 205 Å². The molecule has 1 fully saturated rings. The summed E-state index contributed by atoms with van der Waals surface area (Å²) in [6.45, 7) is 0. The minimum atomic E-state index is -0.405. The van der Waals surface area contributed by atoms with Gasteiger partial charge in [-0.2, -0.15) is 4.98 Å². The smallest absolute Gasteiger partial charge is 0.269 e. The molecule has 0 unspecified atom stereocenters. The number of para-hydroxylation sites is 1. The van der Waals surface area contributed by atoms with E-state index in [1.54, 1.807) is 12.1 Å². The van der Waals surface area contributed by atoms with E-state index in [1.807, 2.05) is 43.3 Å². The minimum absolute atomic E-state index is 0.0665. The fourth-order valence-corrected chi connectivity index (χ4v) is 4.57. The van der Waals surface area contributed by atoms with Crippen LogP contribution >= 0.6 is 0 Å². The van der Waals surface area contributed by atoms with E-state index in [0.717, 1.165) is 54.4 Å². The molecular weight excluding hydrogens is 444 g/mol. The van der Waals surface area contributed by atoms with E-state index in [4.69, 9.17) is 9.97 Å². The van der Waals surface area contributed by atoms with E-state index >= 15 is 0 Å². The van der Waals surface area contributed by atoms with Crippen molar-refractivity contribution < 1.29 is 9.72 Å². The van der Waals surface area contributed by atoms with Gasteiger partial charge in [0, 0.05) is 50.1 Å². The summed E-state index contributed by atoms with van der Waals surface area (Å²) < 4.78 is 0. The van der Waals surface area contributed by atoms with E-state index in [2.05, 4.69) is 10.6 Å². The molecule has 0 atom stereocenters. The fourth-order valence-electron chi connectivity index (χ4n) is 4.57. The number of carbonyl (C=O) groups excluding carboxylic acids is 1. The summed E-state index contributed by atoms with van der Waals surface area (Å²) >= 11 is 0. The van der Waals surface area contributed by atoms with Crippen molar-refractivity contribution in [3.05, 3.63) is 64.2 Å². The third-order valence-corrected chi connectivity index (χ3v) is 6.45. The number of nitrogens with zero attached hydrogens (tertiary/aromatic N) is 4. The van der Waals surface area contributed by atoms with Gasteiger partial charge in [-0.1, -0.05) is 24.3 Å². The largest absolute Gasteiger partial charge is 0.362 e. The Bertz CT molecular complexity index is 1170. The number of rotatable bonds is 9. The van der Waals surface area contributed by atoms with Crippen molar-refractivity contribution in [3.63, 3.8) is 0 Å². The molecule has 0 aliphatic heterocycles. The van der Waals surface area contributed by atoms with Gasteiger partial charge in [0.15, 0.2) is 0 Å². The summed E-state index contributed by atoms with van der Waals surface area (Å²) in [7, 11) is 3.97. The molecule has 0 saturated heterocycles. The van der Waals surface area contributed by atoms with Crippen LogP contribution in [-0.2, 0) is 11.2 Å². The van der Waals surface area contributed by atoms with Gasteiger partial charge in [-0.25, -0.2) is 4.98 Å². The summed E-state index contributed by atoms with van der Waals surface area (Å²) in [6, 6.07) is 15.0. The highest BCUT2D eigenvalue weighted by molar-refractivity contribution is 5.90. The van der Waals surface area contributed by atoms with Crippen LogP contribution in [0.5, 0.6) is 0 Å². The molecule has 0 bridgehead atoms. The monoisotopic (exact) mass is 476 g/mol. The van der Waals surface area contributed by atoms with Gasteiger partial charge >= 0.3 is 0 Å². The molecule has 2 N–H and O–H groups in total. The van der Waals surface area contributed by atoms with Crippen LogP contribution in [0, 0.1) is 10.1 Å². The number of hydrogen-bond donors (Lipinski definition) is 2. The Morgan fingerprint density at radius 3 is 2.40 bits per heavy atom. The lowest BCUT2D eigenvalue weighted by Crippen LogP contribution is -2.40. The first-order chi connectivity index (χ1) is 16.9. The van der Waals surface area contributed by atoms with Crippen molar-refractivity contribution >= 4 is 34.3 Å². The van der Waals surface area contributed by atoms with E-state index < -0.39 is 4.92 Å². The Kier molecular flexibility index (Phi) is 7.74. The topological polar surface area (TPSA) is 113 Å². The molecule has 9 heteroatoms. The lowest BCUT2D eigenvalue weighted by atomic mass is 9.91. The number of amides is 1. The molecule has 3 aromatic rings. The van der Waals surface area contributed by atoms with E-state index in [-0.39, 0.29) is 23.7 Å². The van der Waals surface area contributed by atoms with Crippen LogP contribution in [0.15, 0.2) is 48.5 Å². The summed E-state index contributed by atoms with van der Waals surface area (Å²) in [5.74, 6) is 1.61. The number of nitrogens with one attached hydrogen (secondary N) is 2. The number of carbonyl (C=O) groups is 1. The molecule has 35 heavy (non-hydrogen) atoms. The van der Waals surface area contributed by atoms with Crippen LogP contribution in [0.3, 0.4) is 0 Å². The van der Waals surface area contributed by atoms with Crippen LogP contribution in [0.1, 0.15) is 44.1 Å². The van der Waals surface area contributed by atoms with Crippen LogP contribution in [0.2, 0.25) is 0 Å². The van der Waals surface area contributed by atoms with Gasteiger partial charge in [-0.3, -0.25) is 14.9 Å². The van der Waals surface area contributed by atoms with Crippen molar-refractivity contribution in [2.75, 3.05) is 24.3 Å². The summed E-state index contributed by atoms with van der Waals surface area (Å²) in [6.07, 6.45) is 5.62. The molecule has 1 aliphatic rings. The molecule has 184 valence electrons. The van der Waals surface area contributed by atoms with Gasteiger partial charge in [-0.15, -0.1) is 0 Å². The van der Waals surface area contributed by atoms with Crippen LogP contribution in [-0.4, -0.2) is 47.0 Å². The van der Waals surface area contributed by atoms with E-state index in [0.29, 0.717) is 18.8 Å². The van der Waals surface area contributed by atoms with Crippen molar-refractivity contribution in [1.29, 1.82) is 0 Å². The second-order valence-corrected chi connectivity index (χ2v) is 9.32. The first kappa shape index (κ1) is 24.4.